The number of halogens is 1. The Bertz CT molecular complexity index is 1170. The van der Waals surface area contributed by atoms with Gasteiger partial charge < -0.3 is 14.4 Å². The van der Waals surface area contributed by atoms with Gasteiger partial charge in [-0.1, -0.05) is 23.7 Å². The zero-order valence-electron chi connectivity index (χ0n) is 16.1. The highest BCUT2D eigenvalue weighted by molar-refractivity contribution is 7.22. The number of aromatic carboxylic acids is 1. The first-order chi connectivity index (χ1) is 13.9. The number of nitrogens with zero attached hydrogens (tertiary/aromatic N) is 1. The molecule has 0 unspecified atom stereocenters. The minimum Gasteiger partial charge on any atom is -0.491 e. The molecule has 0 bridgehead atoms. The molecule has 0 spiro atoms. The number of carbonyl (C=O) groups is 1. The number of ether oxygens (including phenoxy) is 1. The third-order valence-corrected chi connectivity index (χ3v) is 5.99. The summed E-state index contributed by atoms with van der Waals surface area (Å²) in [6.45, 7) is 4.45. The summed E-state index contributed by atoms with van der Waals surface area (Å²) < 4.78 is 7.55. The van der Waals surface area contributed by atoms with Crippen LogP contribution >= 0.6 is 22.9 Å². The van der Waals surface area contributed by atoms with Crippen LogP contribution in [0.2, 0.25) is 5.02 Å². The lowest BCUT2D eigenvalue weighted by molar-refractivity contribution is 0.0686. The van der Waals surface area contributed by atoms with E-state index in [0.717, 1.165) is 32.0 Å². The fourth-order valence-electron chi connectivity index (χ4n) is 3.31. The first-order valence-corrected chi connectivity index (χ1v) is 10.5. The van der Waals surface area contributed by atoms with Gasteiger partial charge in [0.05, 0.1) is 6.10 Å². The Morgan fingerprint density at radius 3 is 2.55 bits per heavy atom. The molecule has 6 heteroatoms. The molecule has 0 atom stereocenters. The zero-order valence-corrected chi connectivity index (χ0v) is 17.6. The Balaban J connectivity index is 1.72. The monoisotopic (exact) mass is 425 g/mol. The summed E-state index contributed by atoms with van der Waals surface area (Å²) in [5.41, 5.74) is 2.31. The highest BCUT2D eigenvalue weighted by atomic mass is 35.5. The Labute approximate surface area is 177 Å². The van der Waals surface area contributed by atoms with E-state index in [-0.39, 0.29) is 11.8 Å². The van der Waals surface area contributed by atoms with Gasteiger partial charge in [-0.25, -0.2) is 4.79 Å². The number of hydrogen-bond donors (Lipinski definition) is 1. The summed E-state index contributed by atoms with van der Waals surface area (Å²) in [6.07, 6.45) is 0.131. The van der Waals surface area contributed by atoms with Crippen molar-refractivity contribution < 1.29 is 14.6 Å². The van der Waals surface area contributed by atoms with Crippen LogP contribution in [0.15, 0.2) is 60.7 Å². The van der Waals surface area contributed by atoms with Crippen molar-refractivity contribution in [3.05, 3.63) is 76.9 Å². The number of benzene rings is 2. The Morgan fingerprint density at radius 1 is 1.14 bits per heavy atom. The number of carboxylic acid groups (broad SMARTS) is 1. The molecule has 0 fully saturated rings. The van der Waals surface area contributed by atoms with Crippen LogP contribution < -0.4 is 4.74 Å². The van der Waals surface area contributed by atoms with E-state index in [1.165, 1.54) is 0 Å². The molecular formula is C23H20ClNO3S. The quantitative estimate of drug-likeness (QED) is 0.380. The first kappa shape index (κ1) is 19.6. The summed E-state index contributed by atoms with van der Waals surface area (Å²) in [4.78, 5) is 13.8. The second-order valence-corrected chi connectivity index (χ2v) is 8.58. The SMILES string of the molecule is CC(C)Oc1ccc(-c2cc3cc(C(=O)O)n(Cc4cccc(Cl)c4)c3s2)cc1. The molecule has 0 saturated heterocycles. The van der Waals surface area contributed by atoms with Crippen molar-refractivity contribution >= 4 is 39.1 Å². The van der Waals surface area contributed by atoms with Crippen LogP contribution in [0.1, 0.15) is 29.9 Å². The second-order valence-electron chi connectivity index (χ2n) is 7.11. The van der Waals surface area contributed by atoms with Gasteiger partial charge in [0.2, 0.25) is 0 Å². The van der Waals surface area contributed by atoms with E-state index < -0.39 is 5.97 Å². The predicted molar refractivity (Wildman–Crippen MR) is 119 cm³/mol. The van der Waals surface area contributed by atoms with E-state index >= 15 is 0 Å². The summed E-state index contributed by atoms with van der Waals surface area (Å²) in [5, 5.41) is 11.2. The number of hydrogen-bond acceptors (Lipinski definition) is 3. The molecule has 0 aliphatic carbocycles. The number of aromatic nitrogens is 1. The Hall–Kier alpha value is -2.76. The van der Waals surface area contributed by atoms with E-state index in [1.54, 1.807) is 17.4 Å². The summed E-state index contributed by atoms with van der Waals surface area (Å²) in [5.74, 6) is -0.101. The van der Waals surface area contributed by atoms with Crippen LogP contribution in [0.3, 0.4) is 0 Å². The lowest BCUT2D eigenvalue weighted by Gasteiger charge is -2.10. The topological polar surface area (TPSA) is 51.5 Å². The van der Waals surface area contributed by atoms with Crippen molar-refractivity contribution in [2.24, 2.45) is 0 Å². The van der Waals surface area contributed by atoms with Gasteiger partial charge in [-0.05, 0) is 73.5 Å². The summed E-state index contributed by atoms with van der Waals surface area (Å²) >= 11 is 7.68. The standard InChI is InChI=1S/C23H20ClNO3S/c1-14(2)28-19-8-6-16(7-9-19)21-12-17-11-20(23(26)27)25(22(17)29-21)13-15-4-3-5-18(24)10-15/h3-12,14H,13H2,1-2H3,(H,26,27). The normalized spacial score (nSPS) is 11.3. The molecule has 29 heavy (non-hydrogen) atoms. The Kier molecular flexibility index (Phi) is 5.35. The van der Waals surface area contributed by atoms with Crippen molar-refractivity contribution in [3.63, 3.8) is 0 Å². The molecule has 148 valence electrons. The average molecular weight is 426 g/mol. The smallest absolute Gasteiger partial charge is 0.352 e. The maximum Gasteiger partial charge on any atom is 0.352 e. The molecule has 4 rings (SSSR count). The second kappa shape index (κ2) is 7.93. The van der Waals surface area contributed by atoms with E-state index in [4.69, 9.17) is 16.3 Å². The summed E-state index contributed by atoms with van der Waals surface area (Å²) in [7, 11) is 0. The number of rotatable bonds is 6. The molecule has 0 aliphatic heterocycles. The molecule has 2 heterocycles. The van der Waals surface area contributed by atoms with Crippen molar-refractivity contribution in [3.8, 4) is 16.2 Å². The predicted octanol–water partition coefficient (Wildman–Crippen LogP) is 6.56. The van der Waals surface area contributed by atoms with Crippen molar-refractivity contribution in [2.45, 2.75) is 26.5 Å². The Morgan fingerprint density at radius 2 is 1.90 bits per heavy atom. The van der Waals surface area contributed by atoms with Gasteiger partial charge in [-0.2, -0.15) is 0 Å². The zero-order chi connectivity index (χ0) is 20.5. The highest BCUT2D eigenvalue weighted by Gasteiger charge is 2.18. The van der Waals surface area contributed by atoms with Gasteiger partial charge in [-0.3, -0.25) is 0 Å². The number of fused-ring (bicyclic) bond motifs is 1. The fourth-order valence-corrected chi connectivity index (χ4v) is 4.68. The van der Waals surface area contributed by atoms with Crippen LogP contribution in [0.25, 0.3) is 20.7 Å². The van der Waals surface area contributed by atoms with Gasteiger partial charge in [0.25, 0.3) is 0 Å². The third-order valence-electron chi connectivity index (χ3n) is 4.53. The third kappa shape index (κ3) is 4.16. The van der Waals surface area contributed by atoms with Crippen molar-refractivity contribution in [1.82, 2.24) is 4.57 Å². The molecule has 4 aromatic rings. The molecule has 0 aliphatic rings. The number of carboxylic acids is 1. The molecule has 2 aromatic heterocycles. The molecule has 4 nitrogen and oxygen atoms in total. The van der Waals surface area contributed by atoms with Crippen LogP contribution in [0, 0.1) is 0 Å². The minimum absolute atomic E-state index is 0.131. The largest absolute Gasteiger partial charge is 0.491 e. The first-order valence-electron chi connectivity index (χ1n) is 9.28. The maximum atomic E-state index is 11.8. The number of thiophene rings is 1. The molecule has 0 saturated carbocycles. The van der Waals surface area contributed by atoms with Crippen molar-refractivity contribution in [1.29, 1.82) is 0 Å². The van der Waals surface area contributed by atoms with Gasteiger partial charge in [0, 0.05) is 21.8 Å². The molecule has 0 amide bonds. The fraction of sp³-hybridized carbons (Fsp3) is 0.174. The van der Waals surface area contributed by atoms with E-state index in [0.29, 0.717) is 11.6 Å². The lowest BCUT2D eigenvalue weighted by atomic mass is 10.1. The molecule has 1 N–H and O–H groups in total. The van der Waals surface area contributed by atoms with Crippen LogP contribution in [0.4, 0.5) is 0 Å². The van der Waals surface area contributed by atoms with Crippen LogP contribution in [-0.2, 0) is 6.54 Å². The minimum atomic E-state index is -0.938. The van der Waals surface area contributed by atoms with Gasteiger partial charge in [0.15, 0.2) is 0 Å². The molecular weight excluding hydrogens is 406 g/mol. The lowest BCUT2D eigenvalue weighted by Crippen LogP contribution is -2.08. The van der Waals surface area contributed by atoms with Crippen molar-refractivity contribution in [2.75, 3.05) is 0 Å². The molecule has 2 aromatic carbocycles. The van der Waals surface area contributed by atoms with E-state index in [9.17, 15) is 9.90 Å². The van der Waals surface area contributed by atoms with Gasteiger partial charge >= 0.3 is 5.97 Å². The van der Waals surface area contributed by atoms with E-state index in [1.807, 2.05) is 73.0 Å². The van der Waals surface area contributed by atoms with Gasteiger partial charge in [0.1, 0.15) is 16.3 Å². The van der Waals surface area contributed by atoms with Crippen LogP contribution in [0.5, 0.6) is 5.75 Å². The van der Waals surface area contributed by atoms with E-state index in [2.05, 4.69) is 0 Å². The van der Waals surface area contributed by atoms with Gasteiger partial charge in [-0.15, -0.1) is 11.3 Å². The van der Waals surface area contributed by atoms with Crippen LogP contribution in [-0.4, -0.2) is 21.7 Å². The highest BCUT2D eigenvalue weighted by Crippen LogP contribution is 2.36. The molecule has 0 radical (unpaired) electrons. The summed E-state index contributed by atoms with van der Waals surface area (Å²) in [6, 6.07) is 19.3. The average Bonchev–Trinajstić information content (AvgIpc) is 3.21. The maximum absolute atomic E-state index is 11.8.